The molecule has 0 heterocycles. The number of hydrogen-bond donors (Lipinski definition) is 1. The van der Waals surface area contributed by atoms with Crippen LogP contribution in [0.25, 0.3) is 0 Å². The van der Waals surface area contributed by atoms with Gasteiger partial charge in [-0.05, 0) is 26.0 Å². The first-order chi connectivity index (χ1) is 9.82. The van der Waals surface area contributed by atoms with E-state index in [1.54, 1.807) is 0 Å². The quantitative estimate of drug-likeness (QED) is 0.637. The van der Waals surface area contributed by atoms with Crippen LogP contribution in [0.1, 0.15) is 34.6 Å². The third-order valence-corrected chi connectivity index (χ3v) is 2.48. The molecule has 112 valence electrons. The molecule has 1 aromatic rings. The molecule has 0 fully saturated rings. The van der Waals surface area contributed by atoms with E-state index >= 15 is 0 Å². The van der Waals surface area contributed by atoms with Gasteiger partial charge in [0.1, 0.15) is 12.7 Å². The van der Waals surface area contributed by atoms with Crippen molar-refractivity contribution in [1.29, 1.82) is 0 Å². The Bertz CT molecular complexity index is 575. The van der Waals surface area contributed by atoms with Crippen LogP contribution in [0.15, 0.2) is 36.4 Å². The number of esters is 2. The maximum Gasteiger partial charge on any atom is 0.339 e. The number of ether oxygens (including phenoxy) is 2. The second-order valence-corrected chi connectivity index (χ2v) is 4.45. The van der Waals surface area contributed by atoms with Crippen molar-refractivity contribution in [1.82, 2.24) is 0 Å². The third-order valence-electron chi connectivity index (χ3n) is 2.48. The van der Waals surface area contributed by atoms with E-state index < -0.39 is 24.0 Å². The number of carboxylic acid groups (broad SMARTS) is 1. The van der Waals surface area contributed by atoms with Gasteiger partial charge in [-0.25, -0.2) is 14.4 Å². The summed E-state index contributed by atoms with van der Waals surface area (Å²) in [5.74, 6) is -2.58. The van der Waals surface area contributed by atoms with Crippen LogP contribution in [0.5, 0.6) is 0 Å². The van der Waals surface area contributed by atoms with Gasteiger partial charge in [0.25, 0.3) is 0 Å². The van der Waals surface area contributed by atoms with E-state index in [0.717, 1.165) is 0 Å². The molecular formula is C15H16O6. The van der Waals surface area contributed by atoms with Crippen molar-refractivity contribution >= 4 is 17.9 Å². The fourth-order valence-electron chi connectivity index (χ4n) is 1.44. The minimum Gasteiger partial charge on any atom is -0.478 e. The van der Waals surface area contributed by atoms with E-state index in [1.165, 1.54) is 38.1 Å². The van der Waals surface area contributed by atoms with E-state index in [1.807, 2.05) is 0 Å². The van der Waals surface area contributed by atoms with Crippen molar-refractivity contribution < 1.29 is 29.0 Å². The predicted octanol–water partition coefficient (Wildman–Crippen LogP) is 2.05. The molecule has 0 unspecified atom stereocenters. The van der Waals surface area contributed by atoms with Gasteiger partial charge in [-0.15, -0.1) is 0 Å². The number of carboxylic acids is 1. The maximum atomic E-state index is 11.9. The molecule has 0 radical (unpaired) electrons. The number of hydrogen-bond acceptors (Lipinski definition) is 5. The van der Waals surface area contributed by atoms with Crippen molar-refractivity contribution in [3.8, 4) is 0 Å². The minimum absolute atomic E-state index is 0.0527. The smallest absolute Gasteiger partial charge is 0.339 e. The van der Waals surface area contributed by atoms with Crippen LogP contribution in [-0.2, 0) is 14.3 Å². The van der Waals surface area contributed by atoms with E-state index in [4.69, 9.17) is 14.6 Å². The molecule has 1 atom stereocenters. The van der Waals surface area contributed by atoms with Crippen LogP contribution < -0.4 is 0 Å². The number of rotatable bonds is 6. The van der Waals surface area contributed by atoms with Gasteiger partial charge in [0.05, 0.1) is 11.1 Å². The third kappa shape index (κ3) is 4.76. The molecule has 0 saturated heterocycles. The lowest BCUT2D eigenvalue weighted by atomic mass is 10.1. The summed E-state index contributed by atoms with van der Waals surface area (Å²) in [6.07, 6.45) is -0.706. The van der Waals surface area contributed by atoms with Gasteiger partial charge < -0.3 is 14.6 Å². The fraction of sp³-hybridized carbons (Fsp3) is 0.267. The Labute approximate surface area is 122 Å². The van der Waals surface area contributed by atoms with Gasteiger partial charge >= 0.3 is 17.9 Å². The highest BCUT2D eigenvalue weighted by Gasteiger charge is 2.19. The molecule has 0 aliphatic rings. The summed E-state index contributed by atoms with van der Waals surface area (Å²) in [6, 6.07) is 5.72. The lowest BCUT2D eigenvalue weighted by Crippen LogP contribution is -2.23. The lowest BCUT2D eigenvalue weighted by Gasteiger charge is -2.14. The zero-order chi connectivity index (χ0) is 16.0. The zero-order valence-corrected chi connectivity index (χ0v) is 11.8. The van der Waals surface area contributed by atoms with Crippen molar-refractivity contribution in [3.05, 3.63) is 47.5 Å². The van der Waals surface area contributed by atoms with E-state index in [9.17, 15) is 14.4 Å². The Morgan fingerprint density at radius 1 is 1.24 bits per heavy atom. The molecular weight excluding hydrogens is 276 g/mol. The second kappa shape index (κ2) is 7.23. The second-order valence-electron chi connectivity index (χ2n) is 4.45. The largest absolute Gasteiger partial charge is 0.478 e. The fourth-order valence-corrected chi connectivity index (χ4v) is 1.44. The highest BCUT2D eigenvalue weighted by Crippen LogP contribution is 2.11. The monoisotopic (exact) mass is 292 g/mol. The standard InChI is InChI=1S/C15H16O6/c1-9(2)14(18)20-8-10(3)21-15(19)12-7-5-4-6-11(12)13(16)17/h4-7,10H,1,8H2,2-3H3,(H,16,17)/t10-/m0/s1. The molecule has 0 aliphatic carbocycles. The summed E-state index contributed by atoms with van der Waals surface area (Å²) in [5.41, 5.74) is 0.0430. The van der Waals surface area contributed by atoms with Gasteiger partial charge in [0.15, 0.2) is 0 Å². The molecule has 1 aromatic carbocycles. The predicted molar refractivity (Wildman–Crippen MR) is 74.1 cm³/mol. The topological polar surface area (TPSA) is 89.9 Å². The van der Waals surface area contributed by atoms with Crippen LogP contribution in [0.3, 0.4) is 0 Å². The first-order valence-electron chi connectivity index (χ1n) is 6.19. The summed E-state index contributed by atoms with van der Waals surface area (Å²) < 4.78 is 9.90. The van der Waals surface area contributed by atoms with Gasteiger partial charge in [-0.1, -0.05) is 18.7 Å². The summed E-state index contributed by atoms with van der Waals surface area (Å²) in [7, 11) is 0. The molecule has 0 aliphatic heterocycles. The van der Waals surface area contributed by atoms with Crippen molar-refractivity contribution in [2.24, 2.45) is 0 Å². The molecule has 0 bridgehead atoms. The summed E-state index contributed by atoms with van der Waals surface area (Å²) in [6.45, 7) is 6.33. The average molecular weight is 292 g/mol. The molecule has 0 amide bonds. The van der Waals surface area contributed by atoms with Gasteiger partial charge in [-0.2, -0.15) is 0 Å². The lowest BCUT2D eigenvalue weighted by molar-refractivity contribution is -0.141. The summed E-state index contributed by atoms with van der Waals surface area (Å²) >= 11 is 0. The first kappa shape index (κ1) is 16.4. The molecule has 6 nitrogen and oxygen atoms in total. The Kier molecular flexibility index (Phi) is 5.66. The number of carbonyl (C=O) groups excluding carboxylic acids is 2. The van der Waals surface area contributed by atoms with Crippen LogP contribution in [0.2, 0.25) is 0 Å². The highest BCUT2D eigenvalue weighted by molar-refractivity contribution is 6.02. The van der Waals surface area contributed by atoms with E-state index in [2.05, 4.69) is 6.58 Å². The van der Waals surface area contributed by atoms with Crippen molar-refractivity contribution in [2.75, 3.05) is 6.61 Å². The van der Waals surface area contributed by atoms with Crippen molar-refractivity contribution in [3.63, 3.8) is 0 Å². The number of benzene rings is 1. The Morgan fingerprint density at radius 2 is 1.81 bits per heavy atom. The Balaban J connectivity index is 2.67. The molecule has 6 heteroatoms. The molecule has 1 rings (SSSR count). The molecule has 0 aromatic heterocycles. The molecule has 0 saturated carbocycles. The highest BCUT2D eigenvalue weighted by atomic mass is 16.6. The first-order valence-corrected chi connectivity index (χ1v) is 6.19. The van der Waals surface area contributed by atoms with Crippen LogP contribution in [0, 0.1) is 0 Å². The van der Waals surface area contributed by atoms with Gasteiger partial charge in [0.2, 0.25) is 0 Å². The molecule has 1 N–H and O–H groups in total. The SMILES string of the molecule is C=C(C)C(=O)OC[C@H](C)OC(=O)c1ccccc1C(=O)O. The molecule has 21 heavy (non-hydrogen) atoms. The molecule has 0 spiro atoms. The van der Waals surface area contributed by atoms with Crippen LogP contribution >= 0.6 is 0 Å². The summed E-state index contributed by atoms with van der Waals surface area (Å²) in [4.78, 5) is 34.1. The normalized spacial score (nSPS) is 11.3. The van der Waals surface area contributed by atoms with Crippen molar-refractivity contribution in [2.45, 2.75) is 20.0 Å². The Morgan fingerprint density at radius 3 is 2.33 bits per heavy atom. The maximum absolute atomic E-state index is 11.9. The van der Waals surface area contributed by atoms with Crippen LogP contribution in [-0.4, -0.2) is 35.7 Å². The number of carbonyl (C=O) groups is 3. The summed E-state index contributed by atoms with van der Waals surface area (Å²) in [5, 5.41) is 9.00. The minimum atomic E-state index is -1.22. The Hall–Kier alpha value is -2.63. The van der Waals surface area contributed by atoms with Crippen LogP contribution in [0.4, 0.5) is 0 Å². The zero-order valence-electron chi connectivity index (χ0n) is 11.8. The van der Waals surface area contributed by atoms with Gasteiger partial charge in [-0.3, -0.25) is 0 Å². The average Bonchev–Trinajstić information content (AvgIpc) is 2.44. The van der Waals surface area contributed by atoms with E-state index in [-0.39, 0.29) is 23.3 Å². The van der Waals surface area contributed by atoms with E-state index in [0.29, 0.717) is 0 Å². The number of aromatic carboxylic acids is 1. The van der Waals surface area contributed by atoms with Gasteiger partial charge in [0, 0.05) is 5.57 Å².